The number of furan rings is 1. The van der Waals surface area contributed by atoms with Gasteiger partial charge >= 0.3 is 0 Å². The zero-order chi connectivity index (χ0) is 38.2. The number of carbonyl (C=O) groups is 1. The minimum absolute atomic E-state index is 0. The van der Waals surface area contributed by atoms with Crippen molar-refractivity contribution in [1.29, 1.82) is 0 Å². The summed E-state index contributed by atoms with van der Waals surface area (Å²) in [7, 11) is 0. The average molecular weight is 909 g/mol. The molecule has 0 saturated carbocycles. The van der Waals surface area contributed by atoms with Crippen molar-refractivity contribution in [3.63, 3.8) is 0 Å². The number of carbonyl (C=O) groups excluding carboxylic acids is 1. The molecule has 53 heavy (non-hydrogen) atoms. The Kier molecular flexibility index (Phi) is 13.3. The molecule has 1 N–H and O–H groups in total. The number of fused-ring (bicyclic) bond motifs is 6. The molecule has 6 rings (SSSR count). The maximum atomic E-state index is 12.2. The Labute approximate surface area is 334 Å². The zero-order valence-corrected chi connectivity index (χ0v) is 37.1. The molecule has 0 bridgehead atoms. The maximum Gasteiger partial charge on any atom is 0.164 e. The van der Waals surface area contributed by atoms with Crippen LogP contribution in [0.25, 0.3) is 53.2 Å². The fourth-order valence-electron chi connectivity index (χ4n) is 6.94. The second kappa shape index (κ2) is 16.6. The first-order valence-corrected chi connectivity index (χ1v) is 20.0. The number of allylic oxidation sites excluding steroid dienone is 2. The second-order valence-corrected chi connectivity index (χ2v) is 17.6. The van der Waals surface area contributed by atoms with Gasteiger partial charge in [-0.3, -0.25) is 9.78 Å². The Morgan fingerprint density at radius 2 is 1.53 bits per heavy atom. The molecule has 4 nitrogen and oxygen atoms in total. The summed E-state index contributed by atoms with van der Waals surface area (Å²) in [5.74, 6) is 1.95. The number of aliphatic hydroxyl groups excluding tert-OH is 1. The monoisotopic (exact) mass is 909 g/mol. The summed E-state index contributed by atoms with van der Waals surface area (Å²) in [6, 6.07) is 21.2. The molecule has 0 aliphatic rings. The van der Waals surface area contributed by atoms with E-state index in [0.29, 0.717) is 5.92 Å². The Hall–Kier alpha value is -3.31. The molecule has 285 valence electrons. The third-order valence-electron chi connectivity index (χ3n) is 11.6. The Balaban J connectivity index is 0.000000299. The van der Waals surface area contributed by atoms with E-state index in [1.165, 1.54) is 48.1 Å². The van der Waals surface area contributed by atoms with Gasteiger partial charge in [-0.25, -0.2) is 0 Å². The van der Waals surface area contributed by atoms with Crippen LogP contribution in [0.15, 0.2) is 71.0 Å². The number of hydrogen-bond donors (Lipinski definition) is 1. The third kappa shape index (κ3) is 8.36. The topological polar surface area (TPSA) is 63.3 Å². The Morgan fingerprint density at radius 3 is 2.13 bits per heavy atom. The molecule has 0 fully saturated rings. The van der Waals surface area contributed by atoms with Crippen molar-refractivity contribution in [2.75, 3.05) is 0 Å². The van der Waals surface area contributed by atoms with Gasteiger partial charge in [0.1, 0.15) is 11.5 Å². The van der Waals surface area contributed by atoms with E-state index in [0.717, 1.165) is 60.1 Å². The molecule has 3 aromatic heterocycles. The van der Waals surface area contributed by atoms with Gasteiger partial charge in [0, 0.05) is 65.4 Å². The van der Waals surface area contributed by atoms with Crippen LogP contribution in [0, 0.1) is 29.7 Å². The number of aliphatic hydroxyl groups is 1. The molecule has 0 spiro atoms. The summed E-state index contributed by atoms with van der Waals surface area (Å²) in [6.07, 6.45) is 7.65. The molecule has 3 aromatic carbocycles. The number of pyridine rings is 1. The summed E-state index contributed by atoms with van der Waals surface area (Å²) in [5, 5.41) is 16.2. The van der Waals surface area contributed by atoms with Crippen molar-refractivity contribution >= 4 is 59.0 Å². The molecule has 1 radical (unpaired) electrons. The van der Waals surface area contributed by atoms with Crippen LogP contribution in [0.3, 0.4) is 0 Å². The number of hydrogen-bond acceptors (Lipinski definition) is 5. The molecule has 6 aromatic rings. The van der Waals surface area contributed by atoms with E-state index >= 15 is 0 Å². The van der Waals surface area contributed by atoms with Crippen LogP contribution < -0.4 is 0 Å². The fraction of sp³-hybridized carbons (Fsp3) is 0.447. The molecular formula is C47H58IrNO3S-. The van der Waals surface area contributed by atoms with Gasteiger partial charge in [0.05, 0.1) is 4.70 Å². The quantitative estimate of drug-likeness (QED) is 0.0845. The van der Waals surface area contributed by atoms with Crippen LogP contribution in [0.4, 0.5) is 0 Å². The Morgan fingerprint density at radius 1 is 0.906 bits per heavy atom. The van der Waals surface area contributed by atoms with Gasteiger partial charge in [0.25, 0.3) is 0 Å². The minimum Gasteiger partial charge on any atom is -0.512 e. The van der Waals surface area contributed by atoms with E-state index in [4.69, 9.17) is 9.40 Å². The van der Waals surface area contributed by atoms with Crippen molar-refractivity contribution in [1.82, 2.24) is 4.98 Å². The summed E-state index contributed by atoms with van der Waals surface area (Å²) in [5.41, 5.74) is 5.06. The Bertz CT molecular complexity index is 2260. The van der Waals surface area contributed by atoms with Crippen molar-refractivity contribution in [2.24, 2.45) is 16.7 Å². The average Bonchev–Trinajstić information content (AvgIpc) is 3.66. The van der Waals surface area contributed by atoms with Crippen LogP contribution in [0.1, 0.15) is 119 Å². The van der Waals surface area contributed by atoms with Crippen molar-refractivity contribution in [3.8, 4) is 11.3 Å². The van der Waals surface area contributed by atoms with E-state index in [9.17, 15) is 9.90 Å². The number of benzene rings is 3. The van der Waals surface area contributed by atoms with Gasteiger partial charge in [0.15, 0.2) is 11.4 Å². The number of aryl methyl sites for hydroxylation is 1. The van der Waals surface area contributed by atoms with Gasteiger partial charge in [-0.1, -0.05) is 117 Å². The van der Waals surface area contributed by atoms with Crippen LogP contribution in [-0.2, 0) is 36.7 Å². The third-order valence-corrected chi connectivity index (χ3v) is 12.8. The van der Waals surface area contributed by atoms with Gasteiger partial charge in [-0.15, -0.1) is 40.5 Å². The summed E-state index contributed by atoms with van der Waals surface area (Å²) in [6.45, 7) is 25.6. The molecule has 0 aliphatic heterocycles. The van der Waals surface area contributed by atoms with Crippen LogP contribution >= 0.6 is 11.3 Å². The molecule has 0 unspecified atom stereocenters. The van der Waals surface area contributed by atoms with Crippen molar-refractivity contribution in [2.45, 2.75) is 121 Å². The van der Waals surface area contributed by atoms with Crippen LogP contribution in [-0.4, -0.2) is 15.9 Å². The molecule has 0 atom stereocenters. The van der Waals surface area contributed by atoms with E-state index in [-0.39, 0.29) is 47.9 Å². The predicted molar refractivity (Wildman–Crippen MR) is 224 cm³/mol. The van der Waals surface area contributed by atoms with Gasteiger partial charge < -0.3 is 9.52 Å². The summed E-state index contributed by atoms with van der Waals surface area (Å²) >= 11 is 1.81. The van der Waals surface area contributed by atoms with Crippen molar-refractivity contribution in [3.05, 3.63) is 89.5 Å². The predicted octanol–water partition coefficient (Wildman–Crippen LogP) is 14.3. The first-order valence-electron chi connectivity index (χ1n) is 19.1. The zero-order valence-electron chi connectivity index (χ0n) is 33.8. The van der Waals surface area contributed by atoms with Crippen LogP contribution in [0.2, 0.25) is 0 Å². The minimum atomic E-state index is -0.337. The van der Waals surface area contributed by atoms with E-state index < -0.39 is 0 Å². The first kappa shape index (κ1) is 42.4. The molecule has 6 heteroatoms. The fourth-order valence-corrected chi connectivity index (χ4v) is 8.12. The molecule has 3 heterocycles. The molecular weight excluding hydrogens is 851 g/mol. The number of aromatic nitrogens is 1. The normalized spacial score (nSPS) is 12.8. The van der Waals surface area contributed by atoms with Gasteiger partial charge in [0.2, 0.25) is 0 Å². The largest absolute Gasteiger partial charge is 0.512 e. The van der Waals surface area contributed by atoms with E-state index in [2.05, 4.69) is 96.1 Å². The molecule has 0 saturated heterocycles. The van der Waals surface area contributed by atoms with Gasteiger partial charge in [-0.2, -0.15) is 0 Å². The molecule has 0 aliphatic carbocycles. The standard InChI is InChI=1S/C32H30NOS.C15H28O2.Ir/c1-18(2)15-26-19(3)22-11-12-24-28-27(35-31(24)30(22)34-26)13-14-33-29(28)21-16-20-9-7-8-10-23(20)25(17-21)32(4,5)6;1-7-14(5,8-2)12(16)11-13(17)15(6,9-3)10-4;/h7-14,17-18H,15H2,1-6H3;11,16H,7-10H2,1-6H3;/q-1;;/b;12-11-;. The maximum absolute atomic E-state index is 12.2. The smallest absolute Gasteiger partial charge is 0.164 e. The number of nitrogens with zero attached hydrogens (tertiary/aromatic N) is 1. The van der Waals surface area contributed by atoms with Crippen LogP contribution in [0.5, 0.6) is 0 Å². The number of thiophene rings is 1. The number of rotatable bonds is 10. The van der Waals surface area contributed by atoms with E-state index in [1.54, 1.807) is 11.3 Å². The van der Waals surface area contributed by atoms with Gasteiger partial charge in [-0.05, 0) is 66.3 Å². The first-order chi connectivity index (χ1) is 24.5. The van der Waals surface area contributed by atoms with Crippen molar-refractivity contribution < 1.29 is 34.4 Å². The summed E-state index contributed by atoms with van der Waals surface area (Å²) in [4.78, 5) is 17.1. The second-order valence-electron chi connectivity index (χ2n) is 16.5. The van der Waals surface area contributed by atoms with E-state index in [1.807, 2.05) is 47.7 Å². The molecule has 0 amide bonds. The summed E-state index contributed by atoms with van der Waals surface area (Å²) < 4.78 is 8.94. The SMILES string of the molecule is CCC(C)(CC)C(=O)/C=C(\O)C(C)(CC)CC.Cc1c(CC(C)C)oc2c1ccc1c2sc2ccnc(-c3[c-]c4ccccc4c(C(C)(C)C)c3)c21.[Ir]. The number of ketones is 1.